The van der Waals surface area contributed by atoms with Crippen LogP contribution < -0.4 is 10.2 Å². The van der Waals surface area contributed by atoms with E-state index in [1.54, 1.807) is 6.07 Å². The highest BCUT2D eigenvalue weighted by Gasteiger charge is 2.30. The Morgan fingerprint density at radius 1 is 1.55 bits per heavy atom. The summed E-state index contributed by atoms with van der Waals surface area (Å²) < 4.78 is 13.5. The number of nitrogens with one attached hydrogen (secondary N) is 1. The van der Waals surface area contributed by atoms with Gasteiger partial charge in [-0.25, -0.2) is 9.37 Å². The van der Waals surface area contributed by atoms with Gasteiger partial charge in [-0.05, 0) is 31.4 Å². The predicted octanol–water partition coefficient (Wildman–Crippen LogP) is 3.12. The van der Waals surface area contributed by atoms with Gasteiger partial charge in [-0.1, -0.05) is 19.9 Å². The average molecular weight is 277 g/mol. The Morgan fingerprint density at radius 3 is 2.90 bits per heavy atom. The van der Waals surface area contributed by atoms with E-state index < -0.39 is 0 Å². The third-order valence-corrected chi connectivity index (χ3v) is 3.36. The lowest BCUT2D eigenvalue weighted by molar-refractivity contribution is 0.548. The van der Waals surface area contributed by atoms with Crippen LogP contribution in [0.5, 0.6) is 0 Å². The summed E-state index contributed by atoms with van der Waals surface area (Å²) in [4.78, 5) is 6.55. The zero-order chi connectivity index (χ0) is 14.5. The van der Waals surface area contributed by atoms with E-state index in [9.17, 15) is 4.39 Å². The Morgan fingerprint density at radius 2 is 2.30 bits per heavy atom. The minimum atomic E-state index is -0.274. The van der Waals surface area contributed by atoms with Crippen molar-refractivity contribution in [3.8, 4) is 0 Å². The van der Waals surface area contributed by atoms with Crippen molar-refractivity contribution in [3.63, 3.8) is 0 Å². The van der Waals surface area contributed by atoms with Gasteiger partial charge in [0.25, 0.3) is 0 Å². The highest BCUT2D eigenvalue weighted by molar-refractivity contribution is 5.49. The van der Waals surface area contributed by atoms with Crippen LogP contribution in [0.25, 0.3) is 0 Å². The number of rotatable bonds is 8. The Balaban J connectivity index is 2.15. The predicted molar refractivity (Wildman–Crippen MR) is 81.3 cm³/mol. The summed E-state index contributed by atoms with van der Waals surface area (Å²) in [5, 5.41) is 3.37. The van der Waals surface area contributed by atoms with E-state index in [1.165, 1.54) is 19.0 Å². The summed E-state index contributed by atoms with van der Waals surface area (Å²) in [6, 6.07) is 2.13. The number of halogens is 1. The smallest absolute Gasteiger partial charge is 0.141 e. The number of aromatic nitrogens is 1. The lowest BCUT2D eigenvalue weighted by Gasteiger charge is -2.24. The molecule has 0 aliphatic heterocycles. The van der Waals surface area contributed by atoms with Gasteiger partial charge in [-0.3, -0.25) is 0 Å². The van der Waals surface area contributed by atoms with Gasteiger partial charge in [0.1, 0.15) is 11.6 Å². The minimum Gasteiger partial charge on any atom is -0.350 e. The van der Waals surface area contributed by atoms with E-state index in [4.69, 9.17) is 0 Å². The van der Waals surface area contributed by atoms with Crippen molar-refractivity contribution in [3.05, 3.63) is 36.3 Å². The molecule has 1 aliphatic rings. The van der Waals surface area contributed by atoms with Gasteiger partial charge in [-0.2, -0.15) is 0 Å². The van der Waals surface area contributed by atoms with Crippen molar-refractivity contribution in [1.29, 1.82) is 0 Å². The molecule has 0 amide bonds. The van der Waals surface area contributed by atoms with Gasteiger partial charge < -0.3 is 10.2 Å². The first-order chi connectivity index (χ1) is 9.61. The molecule has 0 aromatic carbocycles. The van der Waals surface area contributed by atoms with Crippen molar-refractivity contribution in [2.24, 2.45) is 5.92 Å². The van der Waals surface area contributed by atoms with Gasteiger partial charge in [0.2, 0.25) is 0 Å². The Bertz CT molecular complexity index is 455. The van der Waals surface area contributed by atoms with Crippen LogP contribution in [-0.4, -0.2) is 24.1 Å². The molecule has 1 aromatic heterocycles. The second-order valence-corrected chi connectivity index (χ2v) is 5.83. The molecule has 3 nitrogen and oxygen atoms in total. The fourth-order valence-electron chi connectivity index (χ4n) is 2.29. The highest BCUT2D eigenvalue weighted by Crippen LogP contribution is 2.32. The topological polar surface area (TPSA) is 28.2 Å². The molecule has 1 aromatic rings. The maximum absolute atomic E-state index is 13.5. The largest absolute Gasteiger partial charge is 0.350 e. The van der Waals surface area contributed by atoms with E-state index in [0.717, 1.165) is 24.5 Å². The average Bonchev–Trinajstić information content (AvgIpc) is 3.21. The second kappa shape index (κ2) is 6.84. The van der Waals surface area contributed by atoms with E-state index >= 15 is 0 Å². The summed E-state index contributed by atoms with van der Waals surface area (Å²) in [5.74, 6) is 1.20. The van der Waals surface area contributed by atoms with Crippen LogP contribution in [0.2, 0.25) is 0 Å². The molecule has 1 N–H and O–H groups in total. The Hall–Kier alpha value is -1.42. The number of anilines is 1. The van der Waals surface area contributed by atoms with Crippen LogP contribution >= 0.6 is 0 Å². The Labute approximate surface area is 120 Å². The fourth-order valence-corrected chi connectivity index (χ4v) is 2.29. The molecule has 4 heteroatoms. The maximum atomic E-state index is 13.5. The van der Waals surface area contributed by atoms with Gasteiger partial charge >= 0.3 is 0 Å². The van der Waals surface area contributed by atoms with E-state index in [-0.39, 0.29) is 5.82 Å². The van der Waals surface area contributed by atoms with Crippen molar-refractivity contribution < 1.29 is 4.39 Å². The van der Waals surface area contributed by atoms with Gasteiger partial charge in [0.15, 0.2) is 0 Å². The molecule has 0 spiro atoms. The van der Waals surface area contributed by atoms with Gasteiger partial charge in [-0.15, -0.1) is 6.58 Å². The number of hydrogen-bond donors (Lipinski definition) is 1. The van der Waals surface area contributed by atoms with Crippen molar-refractivity contribution in [1.82, 2.24) is 10.3 Å². The zero-order valence-electron chi connectivity index (χ0n) is 12.4. The van der Waals surface area contributed by atoms with Crippen LogP contribution in [0, 0.1) is 11.7 Å². The summed E-state index contributed by atoms with van der Waals surface area (Å²) in [6.07, 6.45) is 5.56. The van der Waals surface area contributed by atoms with Crippen LogP contribution in [0.3, 0.4) is 0 Å². The molecule has 0 atom stereocenters. The third-order valence-electron chi connectivity index (χ3n) is 3.36. The van der Waals surface area contributed by atoms with Crippen molar-refractivity contribution >= 4 is 5.82 Å². The molecule has 0 bridgehead atoms. The van der Waals surface area contributed by atoms with Crippen molar-refractivity contribution in [2.75, 3.05) is 18.0 Å². The molecule has 1 aliphatic carbocycles. The molecule has 0 saturated heterocycles. The molecule has 0 unspecified atom stereocenters. The molecular formula is C16H24FN3. The fraction of sp³-hybridized carbons (Fsp3) is 0.562. The zero-order valence-corrected chi connectivity index (χ0v) is 12.4. The van der Waals surface area contributed by atoms with Crippen LogP contribution in [-0.2, 0) is 6.54 Å². The van der Waals surface area contributed by atoms with Gasteiger partial charge in [0.05, 0.1) is 6.20 Å². The van der Waals surface area contributed by atoms with E-state index in [1.807, 2.05) is 6.08 Å². The molecule has 1 heterocycles. The third kappa shape index (κ3) is 4.04. The highest BCUT2D eigenvalue weighted by atomic mass is 19.1. The first-order valence-electron chi connectivity index (χ1n) is 7.34. The lowest BCUT2D eigenvalue weighted by Crippen LogP contribution is -2.29. The van der Waals surface area contributed by atoms with E-state index in [0.29, 0.717) is 18.5 Å². The molecule has 1 fully saturated rings. The maximum Gasteiger partial charge on any atom is 0.141 e. The second-order valence-electron chi connectivity index (χ2n) is 5.83. The van der Waals surface area contributed by atoms with Crippen LogP contribution in [0.4, 0.5) is 10.2 Å². The number of nitrogens with zero attached hydrogens (tertiary/aromatic N) is 2. The normalized spacial score (nSPS) is 14.6. The monoisotopic (exact) mass is 277 g/mol. The van der Waals surface area contributed by atoms with E-state index in [2.05, 4.69) is 35.6 Å². The standard InChI is InChI=1S/C16H24FN3/c1-4-7-20(15-5-6-15)16-13(8-14(17)11-19-16)10-18-9-12(2)3/h4,8,11-12,15,18H,1,5-7,9-10H2,2-3H3. The first kappa shape index (κ1) is 15.0. The molecular weight excluding hydrogens is 253 g/mol. The summed E-state index contributed by atoms with van der Waals surface area (Å²) >= 11 is 0. The van der Waals surface area contributed by atoms with Crippen LogP contribution in [0.1, 0.15) is 32.3 Å². The van der Waals surface area contributed by atoms with Gasteiger partial charge in [0, 0.05) is 24.7 Å². The molecule has 2 rings (SSSR count). The summed E-state index contributed by atoms with van der Waals surface area (Å²) in [7, 11) is 0. The molecule has 1 saturated carbocycles. The number of pyridine rings is 1. The minimum absolute atomic E-state index is 0.274. The first-order valence-corrected chi connectivity index (χ1v) is 7.34. The summed E-state index contributed by atoms with van der Waals surface area (Å²) in [5.41, 5.74) is 0.930. The SMILES string of the molecule is C=CCN(c1ncc(F)cc1CNCC(C)C)C1CC1. The molecule has 20 heavy (non-hydrogen) atoms. The lowest BCUT2D eigenvalue weighted by atomic mass is 10.2. The van der Waals surface area contributed by atoms with Crippen LogP contribution in [0.15, 0.2) is 24.9 Å². The number of hydrogen-bond acceptors (Lipinski definition) is 3. The van der Waals surface area contributed by atoms with Crippen molar-refractivity contribution in [2.45, 2.75) is 39.3 Å². The molecule has 0 radical (unpaired) electrons. The Kier molecular flexibility index (Phi) is 5.12. The molecule has 110 valence electrons. The summed E-state index contributed by atoms with van der Waals surface area (Å²) in [6.45, 7) is 10.5. The quantitative estimate of drug-likeness (QED) is 0.740.